The lowest BCUT2D eigenvalue weighted by molar-refractivity contribution is -0.119. The first-order valence-corrected chi connectivity index (χ1v) is 5.90. The average Bonchev–Trinajstić information content (AvgIpc) is 2.92. The number of benzene rings is 1. The van der Waals surface area contributed by atoms with Crippen LogP contribution in [-0.2, 0) is 9.53 Å². The minimum absolute atomic E-state index is 0. The SMILES string of the molecule is COC(=O)c1cccc(NC(=O)C2CCNC2)c1.Cl. The monoisotopic (exact) mass is 284 g/mol. The van der Waals surface area contributed by atoms with E-state index < -0.39 is 5.97 Å². The van der Waals surface area contributed by atoms with Gasteiger partial charge < -0.3 is 15.4 Å². The van der Waals surface area contributed by atoms with Crippen LogP contribution < -0.4 is 10.6 Å². The zero-order chi connectivity index (χ0) is 13.0. The fourth-order valence-corrected chi connectivity index (χ4v) is 1.96. The van der Waals surface area contributed by atoms with Crippen LogP contribution in [0.4, 0.5) is 5.69 Å². The summed E-state index contributed by atoms with van der Waals surface area (Å²) in [5.74, 6) is -0.414. The molecule has 6 heteroatoms. The summed E-state index contributed by atoms with van der Waals surface area (Å²) >= 11 is 0. The van der Waals surface area contributed by atoms with Crippen LogP contribution in [0.2, 0.25) is 0 Å². The van der Waals surface area contributed by atoms with Gasteiger partial charge in [-0.25, -0.2) is 4.79 Å². The predicted octanol–water partition coefficient (Wildman–Crippen LogP) is 1.44. The van der Waals surface area contributed by atoms with Gasteiger partial charge in [-0.05, 0) is 31.2 Å². The van der Waals surface area contributed by atoms with E-state index in [1.54, 1.807) is 24.3 Å². The van der Waals surface area contributed by atoms with Crippen molar-refractivity contribution in [2.24, 2.45) is 5.92 Å². The van der Waals surface area contributed by atoms with Gasteiger partial charge in [0.05, 0.1) is 18.6 Å². The summed E-state index contributed by atoms with van der Waals surface area (Å²) in [5.41, 5.74) is 1.05. The van der Waals surface area contributed by atoms with Crippen molar-refractivity contribution in [1.29, 1.82) is 0 Å². The molecule has 0 aliphatic carbocycles. The quantitative estimate of drug-likeness (QED) is 0.825. The van der Waals surface area contributed by atoms with Crippen LogP contribution in [0, 0.1) is 5.92 Å². The summed E-state index contributed by atoms with van der Waals surface area (Å²) in [7, 11) is 1.33. The van der Waals surface area contributed by atoms with Crippen LogP contribution in [-0.4, -0.2) is 32.1 Å². The fourth-order valence-electron chi connectivity index (χ4n) is 1.96. The number of methoxy groups -OCH3 is 1. The first-order chi connectivity index (χ1) is 8.70. The number of esters is 1. The van der Waals surface area contributed by atoms with Crippen molar-refractivity contribution in [3.63, 3.8) is 0 Å². The molecular weight excluding hydrogens is 268 g/mol. The number of hydrogen-bond donors (Lipinski definition) is 2. The Morgan fingerprint density at radius 3 is 2.84 bits per heavy atom. The molecule has 1 unspecified atom stereocenters. The summed E-state index contributed by atoms with van der Waals surface area (Å²) in [5, 5.41) is 5.96. The molecule has 1 amide bonds. The lowest BCUT2D eigenvalue weighted by atomic mass is 10.1. The Labute approximate surface area is 118 Å². The maximum Gasteiger partial charge on any atom is 0.337 e. The molecule has 104 valence electrons. The van der Waals surface area contributed by atoms with Crippen molar-refractivity contribution < 1.29 is 14.3 Å². The second-order valence-corrected chi connectivity index (χ2v) is 4.25. The molecule has 1 heterocycles. The highest BCUT2D eigenvalue weighted by atomic mass is 35.5. The van der Waals surface area contributed by atoms with Crippen molar-refractivity contribution in [3.05, 3.63) is 29.8 Å². The second-order valence-electron chi connectivity index (χ2n) is 4.25. The summed E-state index contributed by atoms with van der Waals surface area (Å²) in [6.45, 7) is 1.59. The molecule has 0 aromatic heterocycles. The maximum atomic E-state index is 11.9. The van der Waals surface area contributed by atoms with Crippen molar-refractivity contribution >= 4 is 30.0 Å². The number of amides is 1. The number of anilines is 1. The van der Waals surface area contributed by atoms with E-state index in [9.17, 15) is 9.59 Å². The molecule has 2 rings (SSSR count). The number of nitrogens with one attached hydrogen (secondary N) is 2. The van der Waals surface area contributed by atoms with E-state index in [-0.39, 0.29) is 24.2 Å². The standard InChI is InChI=1S/C13H16N2O3.ClH/c1-18-13(17)9-3-2-4-11(7-9)15-12(16)10-5-6-14-8-10;/h2-4,7,10,14H,5-6,8H2,1H3,(H,15,16);1H. The van der Waals surface area contributed by atoms with Gasteiger partial charge in [0.2, 0.25) is 5.91 Å². The van der Waals surface area contributed by atoms with Crippen LogP contribution in [0.25, 0.3) is 0 Å². The molecule has 0 saturated carbocycles. The van der Waals surface area contributed by atoms with Crippen LogP contribution in [0.3, 0.4) is 0 Å². The van der Waals surface area contributed by atoms with E-state index in [2.05, 4.69) is 15.4 Å². The Balaban J connectivity index is 0.00000180. The van der Waals surface area contributed by atoms with Gasteiger partial charge >= 0.3 is 5.97 Å². The Morgan fingerprint density at radius 2 is 2.21 bits per heavy atom. The molecule has 1 fully saturated rings. The summed E-state index contributed by atoms with van der Waals surface area (Å²) in [6.07, 6.45) is 0.850. The van der Waals surface area contributed by atoms with Crippen LogP contribution in [0.5, 0.6) is 0 Å². The zero-order valence-corrected chi connectivity index (χ0v) is 11.5. The van der Waals surface area contributed by atoms with Crippen LogP contribution >= 0.6 is 12.4 Å². The van der Waals surface area contributed by atoms with Crippen LogP contribution in [0.1, 0.15) is 16.8 Å². The Hall–Kier alpha value is -1.59. The van der Waals surface area contributed by atoms with E-state index in [0.29, 0.717) is 17.8 Å². The van der Waals surface area contributed by atoms with Gasteiger partial charge in [-0.2, -0.15) is 0 Å². The van der Waals surface area contributed by atoms with Crippen molar-refractivity contribution in [2.75, 3.05) is 25.5 Å². The topological polar surface area (TPSA) is 67.4 Å². The van der Waals surface area contributed by atoms with E-state index in [1.165, 1.54) is 7.11 Å². The molecule has 0 spiro atoms. The highest BCUT2D eigenvalue weighted by Gasteiger charge is 2.22. The largest absolute Gasteiger partial charge is 0.465 e. The molecule has 1 atom stereocenters. The molecule has 2 N–H and O–H groups in total. The third-order valence-electron chi connectivity index (χ3n) is 2.98. The number of halogens is 1. The van der Waals surface area contributed by atoms with Crippen LogP contribution in [0.15, 0.2) is 24.3 Å². The Bertz CT molecular complexity index is 459. The van der Waals surface area contributed by atoms with E-state index in [4.69, 9.17) is 0 Å². The molecule has 0 bridgehead atoms. The number of carbonyl (C=O) groups is 2. The normalized spacial score (nSPS) is 17.4. The highest BCUT2D eigenvalue weighted by Crippen LogP contribution is 2.15. The minimum atomic E-state index is -0.409. The van der Waals surface area contributed by atoms with Gasteiger partial charge in [0.25, 0.3) is 0 Å². The Kier molecular flexibility index (Phi) is 5.79. The Morgan fingerprint density at radius 1 is 1.42 bits per heavy atom. The van der Waals surface area contributed by atoms with Gasteiger partial charge in [-0.3, -0.25) is 4.79 Å². The lowest BCUT2D eigenvalue weighted by Gasteiger charge is -2.10. The number of carbonyl (C=O) groups excluding carboxylic acids is 2. The molecule has 1 aliphatic rings. The smallest absolute Gasteiger partial charge is 0.337 e. The minimum Gasteiger partial charge on any atom is -0.465 e. The average molecular weight is 285 g/mol. The van der Waals surface area contributed by atoms with Gasteiger partial charge in [-0.15, -0.1) is 12.4 Å². The van der Waals surface area contributed by atoms with Crippen molar-refractivity contribution in [1.82, 2.24) is 5.32 Å². The van der Waals surface area contributed by atoms with Gasteiger partial charge in [0.1, 0.15) is 0 Å². The van der Waals surface area contributed by atoms with Gasteiger partial charge in [0.15, 0.2) is 0 Å². The van der Waals surface area contributed by atoms with E-state index >= 15 is 0 Å². The molecule has 1 saturated heterocycles. The molecule has 19 heavy (non-hydrogen) atoms. The molecular formula is C13H17ClN2O3. The third-order valence-corrected chi connectivity index (χ3v) is 2.98. The van der Waals surface area contributed by atoms with Gasteiger partial charge in [-0.1, -0.05) is 6.07 Å². The molecule has 1 aliphatic heterocycles. The van der Waals surface area contributed by atoms with E-state index in [0.717, 1.165) is 13.0 Å². The van der Waals surface area contributed by atoms with Crippen molar-refractivity contribution in [2.45, 2.75) is 6.42 Å². The molecule has 0 radical (unpaired) electrons. The lowest BCUT2D eigenvalue weighted by Crippen LogP contribution is -2.24. The first kappa shape index (κ1) is 15.5. The fraction of sp³-hybridized carbons (Fsp3) is 0.385. The predicted molar refractivity (Wildman–Crippen MR) is 74.6 cm³/mol. The summed E-state index contributed by atoms with van der Waals surface area (Å²) < 4.78 is 4.63. The molecule has 1 aromatic rings. The molecule has 1 aromatic carbocycles. The number of rotatable bonds is 3. The maximum absolute atomic E-state index is 11.9. The zero-order valence-electron chi connectivity index (χ0n) is 10.6. The summed E-state index contributed by atoms with van der Waals surface area (Å²) in [4.78, 5) is 23.3. The van der Waals surface area contributed by atoms with E-state index in [1.807, 2.05) is 0 Å². The van der Waals surface area contributed by atoms with Gasteiger partial charge in [0, 0.05) is 12.2 Å². The third kappa shape index (κ3) is 3.94. The number of hydrogen-bond acceptors (Lipinski definition) is 4. The highest BCUT2D eigenvalue weighted by molar-refractivity contribution is 5.95. The summed E-state index contributed by atoms with van der Waals surface area (Å²) in [6, 6.07) is 6.74. The second kappa shape index (κ2) is 7.11. The number of ether oxygens (including phenoxy) is 1. The first-order valence-electron chi connectivity index (χ1n) is 5.90. The van der Waals surface area contributed by atoms with Crippen molar-refractivity contribution in [3.8, 4) is 0 Å². The molecule has 5 nitrogen and oxygen atoms in total.